The molecule has 3 heteroatoms. The van der Waals surface area contributed by atoms with Crippen molar-refractivity contribution in [1.29, 1.82) is 0 Å². The fourth-order valence-corrected chi connectivity index (χ4v) is 1.84. The maximum absolute atomic E-state index is 13.4. The molecule has 2 atom stereocenters. The Kier molecular flexibility index (Phi) is 2.79. The van der Waals surface area contributed by atoms with E-state index in [9.17, 15) is 4.39 Å². The zero-order valence-electron chi connectivity index (χ0n) is 7.95. The first-order chi connectivity index (χ1) is 6.79. The predicted octanol–water partition coefficient (Wildman–Crippen LogP) is 1.86. The van der Waals surface area contributed by atoms with Crippen LogP contribution in [0, 0.1) is 11.7 Å². The molecule has 14 heavy (non-hydrogen) atoms. The zero-order chi connectivity index (χ0) is 9.97. The molecule has 2 rings (SSSR count). The van der Waals surface area contributed by atoms with Gasteiger partial charge < -0.3 is 10.5 Å². The predicted molar refractivity (Wildman–Crippen MR) is 52.3 cm³/mol. The van der Waals surface area contributed by atoms with E-state index in [4.69, 9.17) is 10.5 Å². The summed E-state index contributed by atoms with van der Waals surface area (Å²) in [5.74, 6) is 0.0406. The lowest BCUT2D eigenvalue weighted by Gasteiger charge is -2.18. The Morgan fingerprint density at radius 1 is 1.43 bits per heavy atom. The van der Waals surface area contributed by atoms with Crippen LogP contribution in [-0.4, -0.2) is 13.2 Å². The normalized spacial score (nSPS) is 23.7. The second-order valence-corrected chi connectivity index (χ2v) is 3.67. The molecule has 0 radical (unpaired) electrons. The minimum absolute atomic E-state index is 0.216. The minimum atomic E-state index is -0.237. The lowest BCUT2D eigenvalue weighted by atomic mass is 9.93. The van der Waals surface area contributed by atoms with E-state index in [1.807, 2.05) is 6.07 Å². The van der Waals surface area contributed by atoms with Crippen molar-refractivity contribution in [1.82, 2.24) is 0 Å². The highest BCUT2D eigenvalue weighted by atomic mass is 19.1. The number of rotatable bonds is 2. The molecule has 1 saturated heterocycles. The van der Waals surface area contributed by atoms with E-state index < -0.39 is 0 Å². The summed E-state index contributed by atoms with van der Waals surface area (Å²) < 4.78 is 18.6. The number of nitrogens with two attached hydrogens (primary N) is 1. The Labute approximate surface area is 82.9 Å². The van der Waals surface area contributed by atoms with Crippen LogP contribution in [0.2, 0.25) is 0 Å². The van der Waals surface area contributed by atoms with Crippen LogP contribution in [-0.2, 0) is 4.74 Å². The summed E-state index contributed by atoms with van der Waals surface area (Å²) in [5.41, 5.74) is 6.58. The van der Waals surface area contributed by atoms with Crippen molar-refractivity contribution in [3.63, 3.8) is 0 Å². The molecule has 2 N–H and O–H groups in total. The Bertz CT molecular complexity index is 310. The van der Waals surface area contributed by atoms with Crippen molar-refractivity contribution in [3.8, 4) is 0 Å². The van der Waals surface area contributed by atoms with Gasteiger partial charge in [-0.05, 0) is 12.5 Å². The number of hydrogen-bond acceptors (Lipinski definition) is 2. The average Bonchev–Trinajstić information content (AvgIpc) is 2.70. The second-order valence-electron chi connectivity index (χ2n) is 3.67. The van der Waals surface area contributed by atoms with Gasteiger partial charge in [0.25, 0.3) is 0 Å². The molecule has 1 aromatic rings. The quantitative estimate of drug-likeness (QED) is 0.781. The highest BCUT2D eigenvalue weighted by Gasteiger charge is 2.25. The molecule has 1 aliphatic heterocycles. The summed E-state index contributed by atoms with van der Waals surface area (Å²) in [7, 11) is 0. The van der Waals surface area contributed by atoms with Crippen molar-refractivity contribution >= 4 is 0 Å². The SMILES string of the molecule is NC(c1ccccc1F)C1CCOC1. The number of halogens is 1. The van der Waals surface area contributed by atoms with E-state index in [2.05, 4.69) is 0 Å². The molecule has 0 bridgehead atoms. The van der Waals surface area contributed by atoms with E-state index in [0.29, 0.717) is 12.2 Å². The third kappa shape index (κ3) is 1.79. The first-order valence-corrected chi connectivity index (χ1v) is 4.87. The molecule has 0 amide bonds. The van der Waals surface area contributed by atoms with E-state index in [0.717, 1.165) is 13.0 Å². The molecule has 0 aliphatic carbocycles. The van der Waals surface area contributed by atoms with E-state index in [-0.39, 0.29) is 17.8 Å². The highest BCUT2D eigenvalue weighted by molar-refractivity contribution is 5.21. The molecular formula is C11H14FNO. The monoisotopic (exact) mass is 195 g/mol. The van der Waals surface area contributed by atoms with Gasteiger partial charge in [-0.25, -0.2) is 4.39 Å². The first-order valence-electron chi connectivity index (χ1n) is 4.87. The standard InChI is InChI=1S/C11H14FNO/c12-10-4-2-1-3-9(10)11(13)8-5-6-14-7-8/h1-4,8,11H,5-7,13H2. The average molecular weight is 195 g/mol. The van der Waals surface area contributed by atoms with Crippen LogP contribution in [0.1, 0.15) is 18.0 Å². The number of hydrogen-bond donors (Lipinski definition) is 1. The molecule has 1 aromatic carbocycles. The fourth-order valence-electron chi connectivity index (χ4n) is 1.84. The van der Waals surface area contributed by atoms with Gasteiger partial charge in [0.2, 0.25) is 0 Å². The van der Waals surface area contributed by atoms with Gasteiger partial charge in [0.05, 0.1) is 6.61 Å². The topological polar surface area (TPSA) is 35.2 Å². The van der Waals surface area contributed by atoms with Crippen molar-refractivity contribution < 1.29 is 9.13 Å². The Hall–Kier alpha value is -0.930. The maximum atomic E-state index is 13.4. The van der Waals surface area contributed by atoms with Crippen molar-refractivity contribution in [2.75, 3.05) is 13.2 Å². The third-order valence-electron chi connectivity index (χ3n) is 2.74. The molecular weight excluding hydrogens is 181 g/mol. The zero-order valence-corrected chi connectivity index (χ0v) is 7.95. The van der Waals surface area contributed by atoms with Crippen LogP contribution >= 0.6 is 0 Å². The van der Waals surface area contributed by atoms with Gasteiger partial charge in [-0.1, -0.05) is 18.2 Å². The Morgan fingerprint density at radius 3 is 2.86 bits per heavy atom. The molecule has 0 saturated carbocycles. The summed E-state index contributed by atoms with van der Waals surface area (Å²) in [4.78, 5) is 0. The summed E-state index contributed by atoms with van der Waals surface area (Å²) >= 11 is 0. The lowest BCUT2D eigenvalue weighted by Crippen LogP contribution is -2.22. The Balaban J connectivity index is 2.17. The molecule has 1 fully saturated rings. The van der Waals surface area contributed by atoms with Crippen molar-refractivity contribution in [3.05, 3.63) is 35.6 Å². The highest BCUT2D eigenvalue weighted by Crippen LogP contribution is 2.27. The lowest BCUT2D eigenvalue weighted by molar-refractivity contribution is 0.180. The van der Waals surface area contributed by atoms with E-state index in [1.165, 1.54) is 6.07 Å². The second kappa shape index (κ2) is 4.07. The molecule has 2 nitrogen and oxygen atoms in total. The largest absolute Gasteiger partial charge is 0.381 e. The van der Waals surface area contributed by atoms with Gasteiger partial charge in [-0.2, -0.15) is 0 Å². The summed E-state index contributed by atoms with van der Waals surface area (Å²) in [6, 6.07) is 6.45. The molecule has 0 aromatic heterocycles. The van der Waals surface area contributed by atoms with Gasteiger partial charge in [0.1, 0.15) is 5.82 Å². The van der Waals surface area contributed by atoms with Crippen LogP contribution in [0.25, 0.3) is 0 Å². The molecule has 0 spiro atoms. The summed E-state index contributed by atoms with van der Waals surface area (Å²) in [6.07, 6.45) is 0.926. The third-order valence-corrected chi connectivity index (χ3v) is 2.74. The van der Waals surface area contributed by atoms with Crippen LogP contribution in [0.3, 0.4) is 0 Å². The van der Waals surface area contributed by atoms with E-state index in [1.54, 1.807) is 12.1 Å². The van der Waals surface area contributed by atoms with Gasteiger partial charge in [-0.15, -0.1) is 0 Å². The van der Waals surface area contributed by atoms with Crippen LogP contribution in [0.4, 0.5) is 4.39 Å². The summed E-state index contributed by atoms with van der Waals surface area (Å²) in [5, 5.41) is 0. The van der Waals surface area contributed by atoms with Gasteiger partial charge in [-0.3, -0.25) is 0 Å². The van der Waals surface area contributed by atoms with E-state index >= 15 is 0 Å². The van der Waals surface area contributed by atoms with Crippen molar-refractivity contribution in [2.45, 2.75) is 12.5 Å². The molecule has 1 aliphatic rings. The molecule has 76 valence electrons. The van der Waals surface area contributed by atoms with Gasteiger partial charge in [0.15, 0.2) is 0 Å². The summed E-state index contributed by atoms with van der Waals surface area (Å²) in [6.45, 7) is 1.39. The first kappa shape index (κ1) is 9.62. The van der Waals surface area contributed by atoms with Crippen LogP contribution in [0.5, 0.6) is 0 Å². The maximum Gasteiger partial charge on any atom is 0.127 e. The fraction of sp³-hybridized carbons (Fsp3) is 0.455. The minimum Gasteiger partial charge on any atom is -0.381 e. The molecule has 2 unspecified atom stereocenters. The smallest absolute Gasteiger partial charge is 0.127 e. The van der Waals surface area contributed by atoms with Crippen LogP contribution < -0.4 is 5.73 Å². The van der Waals surface area contributed by atoms with Crippen molar-refractivity contribution in [2.24, 2.45) is 11.7 Å². The number of benzene rings is 1. The van der Waals surface area contributed by atoms with Gasteiger partial charge >= 0.3 is 0 Å². The van der Waals surface area contributed by atoms with Gasteiger partial charge in [0, 0.05) is 24.1 Å². The van der Waals surface area contributed by atoms with Crippen LogP contribution in [0.15, 0.2) is 24.3 Å². The Morgan fingerprint density at radius 2 is 2.21 bits per heavy atom. The molecule has 1 heterocycles. The number of ether oxygens (including phenoxy) is 1.